The minimum absolute atomic E-state index is 0.0321. The second kappa shape index (κ2) is 6.79. The fraction of sp³-hybridized carbons (Fsp3) is 0.467. The molecule has 0 bridgehead atoms. The van der Waals surface area contributed by atoms with Crippen molar-refractivity contribution in [3.05, 3.63) is 35.6 Å². The number of benzene rings is 1. The maximum Gasteiger partial charge on any atom is 0.227 e. The summed E-state index contributed by atoms with van der Waals surface area (Å²) >= 11 is 4.94. The quantitative estimate of drug-likeness (QED) is 0.848. The van der Waals surface area contributed by atoms with Gasteiger partial charge < -0.3 is 10.6 Å². The Morgan fingerprint density at radius 1 is 1.40 bits per heavy atom. The molecule has 3 nitrogen and oxygen atoms in total. The molecule has 1 amide bonds. The maximum atomic E-state index is 13.2. The SMILES string of the molecule is NC(=S)CN(C(=O)Cc1cccc(F)c1)C1CCCC1. The lowest BCUT2D eigenvalue weighted by molar-refractivity contribution is -0.131. The molecule has 1 aliphatic carbocycles. The zero-order valence-corrected chi connectivity index (χ0v) is 12.2. The first-order chi connectivity index (χ1) is 9.56. The van der Waals surface area contributed by atoms with E-state index in [0.717, 1.165) is 25.7 Å². The van der Waals surface area contributed by atoms with E-state index in [1.54, 1.807) is 17.0 Å². The topological polar surface area (TPSA) is 46.3 Å². The van der Waals surface area contributed by atoms with E-state index in [1.807, 2.05) is 0 Å². The van der Waals surface area contributed by atoms with E-state index < -0.39 is 0 Å². The molecule has 5 heteroatoms. The minimum atomic E-state index is -0.322. The molecule has 0 aliphatic heterocycles. The van der Waals surface area contributed by atoms with E-state index in [-0.39, 0.29) is 24.2 Å². The molecular weight excluding hydrogens is 275 g/mol. The number of hydrogen-bond donors (Lipinski definition) is 1. The molecular formula is C15H19FN2OS. The van der Waals surface area contributed by atoms with E-state index in [0.29, 0.717) is 17.1 Å². The predicted molar refractivity (Wildman–Crippen MR) is 80.9 cm³/mol. The fourth-order valence-corrected chi connectivity index (χ4v) is 2.87. The second-order valence-electron chi connectivity index (χ2n) is 5.23. The van der Waals surface area contributed by atoms with Crippen molar-refractivity contribution >= 4 is 23.1 Å². The molecule has 0 aromatic heterocycles. The number of carbonyl (C=O) groups is 1. The zero-order chi connectivity index (χ0) is 14.5. The highest BCUT2D eigenvalue weighted by molar-refractivity contribution is 7.80. The Morgan fingerprint density at radius 3 is 2.70 bits per heavy atom. The normalized spacial score (nSPS) is 15.2. The lowest BCUT2D eigenvalue weighted by Gasteiger charge is -2.28. The van der Waals surface area contributed by atoms with E-state index in [9.17, 15) is 9.18 Å². The van der Waals surface area contributed by atoms with Gasteiger partial charge in [0.15, 0.2) is 0 Å². The van der Waals surface area contributed by atoms with Crippen LogP contribution in [0.1, 0.15) is 31.2 Å². The van der Waals surface area contributed by atoms with Crippen LogP contribution in [0.25, 0.3) is 0 Å². The van der Waals surface area contributed by atoms with Crippen LogP contribution in [0.4, 0.5) is 4.39 Å². The van der Waals surface area contributed by atoms with Crippen molar-refractivity contribution in [2.24, 2.45) is 5.73 Å². The van der Waals surface area contributed by atoms with Crippen molar-refractivity contribution in [2.45, 2.75) is 38.1 Å². The molecule has 1 aromatic rings. The first-order valence-electron chi connectivity index (χ1n) is 6.88. The summed E-state index contributed by atoms with van der Waals surface area (Å²) < 4.78 is 13.2. The molecule has 20 heavy (non-hydrogen) atoms. The van der Waals surface area contributed by atoms with Gasteiger partial charge in [0.1, 0.15) is 5.82 Å². The number of carbonyl (C=O) groups excluding carboxylic acids is 1. The van der Waals surface area contributed by atoms with Crippen molar-refractivity contribution in [2.75, 3.05) is 6.54 Å². The smallest absolute Gasteiger partial charge is 0.227 e. The van der Waals surface area contributed by atoms with E-state index in [1.165, 1.54) is 12.1 Å². The van der Waals surface area contributed by atoms with Crippen LogP contribution in [0.15, 0.2) is 24.3 Å². The summed E-state index contributed by atoms with van der Waals surface area (Å²) in [6.45, 7) is 0.314. The molecule has 0 heterocycles. The highest BCUT2D eigenvalue weighted by atomic mass is 32.1. The first kappa shape index (κ1) is 14.9. The second-order valence-corrected chi connectivity index (χ2v) is 5.76. The first-order valence-corrected chi connectivity index (χ1v) is 7.29. The average Bonchev–Trinajstić information content (AvgIpc) is 2.89. The van der Waals surface area contributed by atoms with Gasteiger partial charge in [-0.25, -0.2) is 4.39 Å². The van der Waals surface area contributed by atoms with Gasteiger partial charge in [-0.2, -0.15) is 0 Å². The number of thiocarbonyl (C=S) groups is 1. The van der Waals surface area contributed by atoms with Gasteiger partial charge in [-0.3, -0.25) is 4.79 Å². The van der Waals surface area contributed by atoms with Gasteiger partial charge in [0.05, 0.1) is 18.0 Å². The highest BCUT2D eigenvalue weighted by Crippen LogP contribution is 2.24. The van der Waals surface area contributed by atoms with Crippen molar-refractivity contribution in [1.29, 1.82) is 0 Å². The summed E-state index contributed by atoms with van der Waals surface area (Å²) in [5.41, 5.74) is 6.28. The number of nitrogens with zero attached hydrogens (tertiary/aromatic N) is 1. The Morgan fingerprint density at radius 2 is 2.10 bits per heavy atom. The average molecular weight is 294 g/mol. The summed E-state index contributed by atoms with van der Waals surface area (Å²) in [6, 6.07) is 6.36. The van der Waals surface area contributed by atoms with Crippen LogP contribution in [0.5, 0.6) is 0 Å². The summed E-state index contributed by atoms with van der Waals surface area (Å²) in [5.74, 6) is -0.354. The number of amides is 1. The number of nitrogens with two attached hydrogens (primary N) is 1. The Hall–Kier alpha value is -1.49. The van der Waals surface area contributed by atoms with Crippen LogP contribution in [0.2, 0.25) is 0 Å². The molecule has 1 saturated carbocycles. The number of rotatable bonds is 5. The molecule has 1 aromatic carbocycles. The van der Waals surface area contributed by atoms with Gasteiger partial charge >= 0.3 is 0 Å². The molecule has 0 saturated heterocycles. The van der Waals surface area contributed by atoms with Crippen molar-refractivity contribution in [3.8, 4) is 0 Å². The van der Waals surface area contributed by atoms with Crippen molar-refractivity contribution in [3.63, 3.8) is 0 Å². The minimum Gasteiger partial charge on any atom is -0.392 e. The third-order valence-electron chi connectivity index (χ3n) is 3.66. The van der Waals surface area contributed by atoms with Crippen LogP contribution in [0.3, 0.4) is 0 Å². The van der Waals surface area contributed by atoms with Crippen LogP contribution < -0.4 is 5.73 Å². The molecule has 2 N–H and O–H groups in total. The van der Waals surface area contributed by atoms with Gasteiger partial charge in [0, 0.05) is 6.04 Å². The number of hydrogen-bond acceptors (Lipinski definition) is 2. The molecule has 0 spiro atoms. The van der Waals surface area contributed by atoms with Crippen LogP contribution in [-0.4, -0.2) is 28.4 Å². The van der Waals surface area contributed by atoms with Gasteiger partial charge in [-0.15, -0.1) is 0 Å². The summed E-state index contributed by atoms with van der Waals surface area (Å²) in [7, 11) is 0. The Bertz CT molecular complexity index is 500. The monoisotopic (exact) mass is 294 g/mol. The summed E-state index contributed by atoms with van der Waals surface area (Å²) in [5, 5.41) is 0. The highest BCUT2D eigenvalue weighted by Gasteiger charge is 2.26. The molecule has 1 aliphatic rings. The van der Waals surface area contributed by atoms with E-state index >= 15 is 0 Å². The molecule has 108 valence electrons. The van der Waals surface area contributed by atoms with Gasteiger partial charge in [0.25, 0.3) is 0 Å². The summed E-state index contributed by atoms with van der Waals surface area (Å²) in [4.78, 5) is 14.5. The summed E-state index contributed by atoms with van der Waals surface area (Å²) in [6.07, 6.45) is 4.45. The fourth-order valence-electron chi connectivity index (χ4n) is 2.73. The number of halogens is 1. The molecule has 1 fully saturated rings. The van der Waals surface area contributed by atoms with E-state index in [4.69, 9.17) is 18.0 Å². The molecule has 0 atom stereocenters. The van der Waals surface area contributed by atoms with Gasteiger partial charge in [0.2, 0.25) is 5.91 Å². The Balaban J connectivity index is 2.07. The Kier molecular flexibility index (Phi) is 5.06. The van der Waals surface area contributed by atoms with Crippen molar-refractivity contribution < 1.29 is 9.18 Å². The third kappa shape index (κ3) is 4.00. The molecule has 2 rings (SSSR count). The van der Waals surface area contributed by atoms with E-state index in [2.05, 4.69) is 0 Å². The maximum absolute atomic E-state index is 13.2. The van der Waals surface area contributed by atoms with Crippen LogP contribution in [0, 0.1) is 5.82 Å². The van der Waals surface area contributed by atoms with Crippen LogP contribution in [-0.2, 0) is 11.2 Å². The zero-order valence-electron chi connectivity index (χ0n) is 11.3. The standard InChI is InChI=1S/C15H19FN2OS/c16-12-5-3-4-11(8-12)9-15(19)18(10-14(17)20)13-6-1-2-7-13/h3-5,8,13H,1-2,6-7,9-10H2,(H2,17,20). The Labute approximate surface area is 123 Å². The lowest BCUT2D eigenvalue weighted by atomic mass is 10.1. The lowest BCUT2D eigenvalue weighted by Crippen LogP contribution is -2.44. The van der Waals surface area contributed by atoms with Gasteiger partial charge in [-0.1, -0.05) is 37.2 Å². The van der Waals surface area contributed by atoms with Crippen molar-refractivity contribution in [1.82, 2.24) is 4.90 Å². The largest absolute Gasteiger partial charge is 0.392 e. The predicted octanol–water partition coefficient (Wildman–Crippen LogP) is 2.43. The molecule has 0 unspecified atom stereocenters. The van der Waals surface area contributed by atoms with Crippen LogP contribution >= 0.6 is 12.2 Å². The molecule has 0 radical (unpaired) electrons. The third-order valence-corrected chi connectivity index (χ3v) is 3.79. The van der Waals surface area contributed by atoms with Gasteiger partial charge in [-0.05, 0) is 30.5 Å².